The van der Waals surface area contributed by atoms with Gasteiger partial charge >= 0.3 is 5.97 Å². The number of hydrogen-bond acceptors (Lipinski definition) is 5. The zero-order chi connectivity index (χ0) is 17.8. The maximum atomic E-state index is 12.6. The molecule has 1 aromatic carbocycles. The van der Waals surface area contributed by atoms with Gasteiger partial charge in [-0.3, -0.25) is 8.98 Å². The minimum absolute atomic E-state index is 0.215. The first kappa shape index (κ1) is 15.5. The van der Waals surface area contributed by atoms with Gasteiger partial charge in [0, 0.05) is 29.6 Å². The fourth-order valence-corrected chi connectivity index (χ4v) is 4.63. The molecule has 1 aromatic heterocycles. The Hall–Kier alpha value is -2.71. The average molecular weight is 370 g/mol. The maximum absolute atomic E-state index is 12.6. The van der Waals surface area contributed by atoms with Crippen LogP contribution >= 0.6 is 0 Å². The van der Waals surface area contributed by atoms with Crippen LogP contribution in [0.25, 0.3) is 11.6 Å². The van der Waals surface area contributed by atoms with E-state index in [4.69, 9.17) is 8.92 Å². The van der Waals surface area contributed by atoms with Gasteiger partial charge in [-0.2, -0.15) is 0 Å². The van der Waals surface area contributed by atoms with Gasteiger partial charge in [-0.25, -0.2) is 9.00 Å². The summed E-state index contributed by atoms with van der Waals surface area (Å²) in [6.07, 6.45) is 4.56. The van der Waals surface area contributed by atoms with Gasteiger partial charge in [0.15, 0.2) is 11.1 Å². The second kappa shape index (κ2) is 5.65. The first-order valence-corrected chi connectivity index (χ1v) is 9.32. The number of nitrogens with one attached hydrogen (secondary N) is 2. The number of cyclic esters (lactones) is 1. The monoisotopic (exact) mass is 370 g/mol. The van der Waals surface area contributed by atoms with Crippen molar-refractivity contribution in [1.29, 1.82) is 0 Å². The molecule has 1 atom stereocenters. The summed E-state index contributed by atoms with van der Waals surface area (Å²) < 4.78 is 22.4. The fourth-order valence-electron chi connectivity index (χ4n) is 3.69. The SMILES string of the molecule is O=C1Nc2ccc3c(c2/C1=C/c1[nH]cc2c1CCOC2=O)CCOS3=O. The van der Waals surface area contributed by atoms with Crippen molar-refractivity contribution in [2.24, 2.45) is 0 Å². The number of carbonyl (C=O) groups excluding carboxylic acids is 2. The van der Waals surface area contributed by atoms with E-state index in [9.17, 15) is 13.8 Å². The summed E-state index contributed by atoms with van der Waals surface area (Å²) >= 11 is -1.51. The van der Waals surface area contributed by atoms with Crippen LogP contribution < -0.4 is 5.32 Å². The van der Waals surface area contributed by atoms with E-state index < -0.39 is 11.1 Å². The molecule has 0 spiro atoms. The summed E-state index contributed by atoms with van der Waals surface area (Å²) in [6, 6.07) is 3.49. The Kier molecular flexibility index (Phi) is 3.38. The predicted octanol–water partition coefficient (Wildman–Crippen LogP) is 1.82. The number of rotatable bonds is 1. The van der Waals surface area contributed by atoms with Crippen molar-refractivity contribution in [1.82, 2.24) is 4.98 Å². The van der Waals surface area contributed by atoms with Crippen LogP contribution in [0.5, 0.6) is 0 Å². The highest BCUT2D eigenvalue weighted by Crippen LogP contribution is 2.40. The normalized spacial score (nSPS) is 22.5. The number of esters is 1. The number of carbonyl (C=O) groups is 2. The summed E-state index contributed by atoms with van der Waals surface area (Å²) in [4.78, 5) is 28.1. The molecule has 3 aliphatic rings. The molecule has 2 N–H and O–H groups in total. The Morgan fingerprint density at radius 1 is 1.12 bits per heavy atom. The number of fused-ring (bicyclic) bond motifs is 4. The van der Waals surface area contributed by atoms with E-state index in [0.29, 0.717) is 47.8 Å². The molecular formula is C18H14N2O5S. The largest absolute Gasteiger partial charge is 0.462 e. The van der Waals surface area contributed by atoms with Crippen LogP contribution in [0.2, 0.25) is 0 Å². The standard InChI is InChI=1S/C18H14N2O5S/c21-17-11(7-14-9-3-5-24-18(22)12(9)8-19-14)16-10-4-6-25-26(23)15(10)2-1-13(16)20-17/h1-2,7-8,19H,3-6H2,(H,20,21)/b11-7-. The molecule has 1 amide bonds. The van der Waals surface area contributed by atoms with E-state index in [1.165, 1.54) is 0 Å². The second-order valence-electron chi connectivity index (χ2n) is 6.26. The average Bonchev–Trinajstić information content (AvgIpc) is 3.18. The Morgan fingerprint density at radius 2 is 1.96 bits per heavy atom. The molecule has 5 rings (SSSR count). The van der Waals surface area contributed by atoms with Gasteiger partial charge in [0.2, 0.25) is 0 Å². The lowest BCUT2D eigenvalue weighted by molar-refractivity contribution is -0.110. The first-order valence-electron chi connectivity index (χ1n) is 8.25. The summed E-state index contributed by atoms with van der Waals surface area (Å²) in [5.74, 6) is -0.569. The quantitative estimate of drug-likeness (QED) is 0.589. The van der Waals surface area contributed by atoms with Crippen molar-refractivity contribution >= 4 is 40.3 Å². The van der Waals surface area contributed by atoms with Crippen molar-refractivity contribution in [2.75, 3.05) is 18.5 Å². The van der Waals surface area contributed by atoms with E-state index in [2.05, 4.69) is 10.3 Å². The highest BCUT2D eigenvalue weighted by atomic mass is 32.2. The summed E-state index contributed by atoms with van der Waals surface area (Å²) in [6.45, 7) is 0.676. The zero-order valence-electron chi connectivity index (χ0n) is 13.6. The predicted molar refractivity (Wildman–Crippen MR) is 93.8 cm³/mol. The topological polar surface area (TPSA) is 97.5 Å². The van der Waals surface area contributed by atoms with Crippen LogP contribution in [-0.2, 0) is 37.6 Å². The van der Waals surface area contributed by atoms with Crippen molar-refractivity contribution < 1.29 is 22.7 Å². The number of anilines is 1. The molecule has 132 valence electrons. The molecule has 1 unspecified atom stereocenters. The van der Waals surface area contributed by atoms with Gasteiger partial charge in [-0.15, -0.1) is 0 Å². The van der Waals surface area contributed by atoms with Crippen molar-refractivity contribution in [3.05, 3.63) is 46.3 Å². The molecule has 3 aliphatic heterocycles. The molecule has 0 saturated carbocycles. The highest BCUT2D eigenvalue weighted by molar-refractivity contribution is 7.80. The Bertz CT molecular complexity index is 1040. The highest BCUT2D eigenvalue weighted by Gasteiger charge is 2.32. The third-order valence-electron chi connectivity index (χ3n) is 4.87. The van der Waals surface area contributed by atoms with Gasteiger partial charge in [0.1, 0.15) is 0 Å². The molecule has 0 fully saturated rings. The molecule has 26 heavy (non-hydrogen) atoms. The first-order chi connectivity index (χ1) is 12.6. The molecule has 2 aromatic rings. The van der Waals surface area contributed by atoms with Crippen LogP contribution in [0.1, 0.15) is 32.7 Å². The smallest absolute Gasteiger partial charge is 0.339 e. The molecule has 0 bridgehead atoms. The summed E-state index contributed by atoms with van der Waals surface area (Å²) in [5.41, 5.74) is 4.93. The van der Waals surface area contributed by atoms with Crippen molar-refractivity contribution in [2.45, 2.75) is 17.7 Å². The molecule has 8 heteroatoms. The Balaban J connectivity index is 1.68. The zero-order valence-corrected chi connectivity index (χ0v) is 14.4. The van der Waals surface area contributed by atoms with Gasteiger partial charge in [0.25, 0.3) is 5.91 Å². The lowest BCUT2D eigenvalue weighted by Gasteiger charge is -2.18. The molecule has 0 radical (unpaired) electrons. The van der Waals surface area contributed by atoms with Crippen LogP contribution in [0.4, 0.5) is 5.69 Å². The minimum atomic E-state index is -1.51. The number of hydrogen-bond donors (Lipinski definition) is 2. The van der Waals surface area contributed by atoms with E-state index in [1.54, 1.807) is 24.4 Å². The van der Waals surface area contributed by atoms with Crippen LogP contribution in [0.3, 0.4) is 0 Å². The summed E-state index contributed by atoms with van der Waals surface area (Å²) in [5, 5.41) is 2.86. The van der Waals surface area contributed by atoms with Gasteiger partial charge < -0.3 is 15.0 Å². The van der Waals surface area contributed by atoms with Crippen molar-refractivity contribution in [3.8, 4) is 0 Å². The lowest BCUT2D eigenvalue weighted by Crippen LogP contribution is -2.16. The molecule has 0 saturated heterocycles. The van der Waals surface area contributed by atoms with Gasteiger partial charge in [0.05, 0.1) is 29.2 Å². The number of benzene rings is 1. The van der Waals surface area contributed by atoms with Crippen LogP contribution in [-0.4, -0.2) is 34.3 Å². The lowest BCUT2D eigenvalue weighted by atomic mass is 9.96. The third-order valence-corrected chi connectivity index (χ3v) is 5.99. The molecular weight excluding hydrogens is 356 g/mol. The number of amides is 1. The molecule has 4 heterocycles. The fraction of sp³-hybridized carbons (Fsp3) is 0.222. The van der Waals surface area contributed by atoms with Crippen molar-refractivity contribution in [3.63, 3.8) is 0 Å². The van der Waals surface area contributed by atoms with Gasteiger partial charge in [-0.1, -0.05) is 0 Å². The van der Waals surface area contributed by atoms with E-state index in [1.807, 2.05) is 0 Å². The number of aromatic nitrogens is 1. The van der Waals surface area contributed by atoms with Crippen LogP contribution in [0, 0.1) is 0 Å². The minimum Gasteiger partial charge on any atom is -0.462 e. The van der Waals surface area contributed by atoms with E-state index in [0.717, 1.165) is 22.4 Å². The Labute approximate surface area is 151 Å². The number of ether oxygens (including phenoxy) is 1. The molecule has 7 nitrogen and oxygen atoms in total. The van der Waals surface area contributed by atoms with E-state index >= 15 is 0 Å². The molecule has 0 aliphatic carbocycles. The number of H-pyrrole nitrogens is 1. The Morgan fingerprint density at radius 3 is 2.85 bits per heavy atom. The van der Waals surface area contributed by atoms with E-state index in [-0.39, 0.29) is 11.9 Å². The number of aromatic amines is 1. The third kappa shape index (κ3) is 2.19. The second-order valence-corrected chi connectivity index (χ2v) is 7.41. The van der Waals surface area contributed by atoms with Crippen LogP contribution in [0.15, 0.2) is 23.2 Å². The maximum Gasteiger partial charge on any atom is 0.339 e. The summed E-state index contributed by atoms with van der Waals surface area (Å²) in [7, 11) is 0. The van der Waals surface area contributed by atoms with Gasteiger partial charge in [-0.05, 0) is 35.8 Å².